The molecule has 0 aliphatic carbocycles. The zero-order valence-electron chi connectivity index (χ0n) is 11.3. The number of benzene rings is 1. The summed E-state index contributed by atoms with van der Waals surface area (Å²) >= 11 is 2.96. The molecule has 5 nitrogen and oxygen atoms in total. The quantitative estimate of drug-likeness (QED) is 0.315. The van der Waals surface area contributed by atoms with Crippen molar-refractivity contribution in [2.24, 2.45) is 0 Å². The van der Waals surface area contributed by atoms with Crippen molar-refractivity contribution in [2.45, 2.75) is 25.3 Å². The van der Waals surface area contributed by atoms with Crippen LogP contribution in [0.5, 0.6) is 5.75 Å². The molecular formula is C12H12BrF3O5S. The van der Waals surface area contributed by atoms with Crippen LogP contribution in [0.15, 0.2) is 22.7 Å². The molecule has 0 amide bonds. The second kappa shape index (κ2) is 7.32. The molecule has 1 aromatic rings. The van der Waals surface area contributed by atoms with E-state index in [0.29, 0.717) is 12.8 Å². The number of carbonyl (C=O) groups is 1. The van der Waals surface area contributed by atoms with E-state index >= 15 is 0 Å². The zero-order valence-corrected chi connectivity index (χ0v) is 13.7. The van der Waals surface area contributed by atoms with Crippen molar-refractivity contribution in [2.75, 3.05) is 6.61 Å². The largest absolute Gasteiger partial charge is 0.534 e. The number of carbonyl (C=O) groups excluding carboxylic acids is 1. The molecule has 10 heteroatoms. The number of halogens is 4. The van der Waals surface area contributed by atoms with Crippen molar-refractivity contribution in [3.8, 4) is 5.75 Å². The van der Waals surface area contributed by atoms with Gasteiger partial charge in [-0.3, -0.25) is 4.79 Å². The van der Waals surface area contributed by atoms with Crippen LogP contribution in [-0.4, -0.2) is 26.5 Å². The third-order valence-electron chi connectivity index (χ3n) is 2.39. The molecule has 1 aromatic carbocycles. The van der Waals surface area contributed by atoms with Crippen molar-refractivity contribution in [1.29, 1.82) is 0 Å². The third kappa shape index (κ3) is 5.48. The molecule has 0 atom stereocenters. The van der Waals surface area contributed by atoms with Crippen molar-refractivity contribution in [1.82, 2.24) is 0 Å². The Morgan fingerprint density at radius 2 is 1.95 bits per heavy atom. The van der Waals surface area contributed by atoms with Crippen LogP contribution in [0, 0.1) is 0 Å². The van der Waals surface area contributed by atoms with E-state index in [1.54, 1.807) is 0 Å². The first-order valence-corrected chi connectivity index (χ1v) is 8.15. The summed E-state index contributed by atoms with van der Waals surface area (Å²) in [5, 5.41) is 0. The number of esters is 1. The van der Waals surface area contributed by atoms with Crippen molar-refractivity contribution >= 4 is 32.0 Å². The van der Waals surface area contributed by atoms with E-state index in [9.17, 15) is 26.4 Å². The van der Waals surface area contributed by atoms with Gasteiger partial charge >= 0.3 is 21.6 Å². The fraction of sp³-hybridized carbons (Fsp3) is 0.417. The molecule has 0 aromatic heterocycles. The lowest BCUT2D eigenvalue weighted by Crippen LogP contribution is -2.28. The van der Waals surface area contributed by atoms with Crippen LogP contribution in [-0.2, 0) is 26.1 Å². The molecule has 0 saturated heterocycles. The predicted octanol–water partition coefficient (Wildman–Crippen LogP) is 3.17. The smallest absolute Gasteiger partial charge is 0.466 e. The maximum atomic E-state index is 12.2. The molecule has 0 bridgehead atoms. The highest BCUT2D eigenvalue weighted by molar-refractivity contribution is 9.10. The van der Waals surface area contributed by atoms with Gasteiger partial charge in [0.25, 0.3) is 0 Å². The standard InChI is InChI=1S/C12H12BrF3O5S/c1-8(17)20-6-2-3-9-4-5-11(10(13)7-9)21-22(18,19)12(14,15)16/h4-5,7H,2-3,6H2,1H3. The van der Waals surface area contributed by atoms with Crippen LogP contribution in [0.25, 0.3) is 0 Å². The summed E-state index contributed by atoms with van der Waals surface area (Å²) in [5.74, 6) is -0.858. The molecule has 0 saturated carbocycles. The van der Waals surface area contributed by atoms with E-state index in [1.165, 1.54) is 19.1 Å². The van der Waals surface area contributed by atoms with Gasteiger partial charge in [-0.25, -0.2) is 0 Å². The van der Waals surface area contributed by atoms with Gasteiger partial charge in [0.15, 0.2) is 5.75 Å². The summed E-state index contributed by atoms with van der Waals surface area (Å²) in [4.78, 5) is 10.6. The molecule has 0 aliphatic rings. The maximum Gasteiger partial charge on any atom is 0.534 e. The highest BCUT2D eigenvalue weighted by atomic mass is 79.9. The fourth-order valence-corrected chi connectivity index (χ4v) is 2.52. The lowest BCUT2D eigenvalue weighted by molar-refractivity contribution is -0.141. The Hall–Kier alpha value is -1.29. The van der Waals surface area contributed by atoms with Crippen LogP contribution in [0.3, 0.4) is 0 Å². The topological polar surface area (TPSA) is 69.7 Å². The number of hydrogen-bond acceptors (Lipinski definition) is 5. The van der Waals surface area contributed by atoms with Gasteiger partial charge in [-0.05, 0) is 46.5 Å². The van der Waals surface area contributed by atoms with E-state index in [1.807, 2.05) is 0 Å². The van der Waals surface area contributed by atoms with Crippen molar-refractivity contribution in [3.05, 3.63) is 28.2 Å². The number of ether oxygens (including phenoxy) is 1. The Bertz CT molecular complexity index is 643. The lowest BCUT2D eigenvalue weighted by Gasteiger charge is -2.11. The minimum Gasteiger partial charge on any atom is -0.466 e. The highest BCUT2D eigenvalue weighted by Gasteiger charge is 2.48. The molecule has 1 rings (SSSR count). The van der Waals surface area contributed by atoms with Crippen LogP contribution in [0.1, 0.15) is 18.9 Å². The number of rotatable bonds is 6. The van der Waals surface area contributed by atoms with E-state index < -0.39 is 27.3 Å². The Balaban J connectivity index is 2.72. The van der Waals surface area contributed by atoms with Gasteiger partial charge in [-0.2, -0.15) is 21.6 Å². The average molecular weight is 405 g/mol. The van der Waals surface area contributed by atoms with Crippen LogP contribution < -0.4 is 4.18 Å². The summed E-state index contributed by atoms with van der Waals surface area (Å²) in [6.07, 6.45) is 1.02. The van der Waals surface area contributed by atoms with Gasteiger partial charge in [-0.15, -0.1) is 0 Å². The summed E-state index contributed by atoms with van der Waals surface area (Å²) in [6.45, 7) is 1.50. The van der Waals surface area contributed by atoms with Gasteiger partial charge in [0.05, 0.1) is 11.1 Å². The van der Waals surface area contributed by atoms with Gasteiger partial charge < -0.3 is 8.92 Å². The highest BCUT2D eigenvalue weighted by Crippen LogP contribution is 2.32. The minimum atomic E-state index is -5.70. The SMILES string of the molecule is CC(=O)OCCCc1ccc(OS(=O)(=O)C(F)(F)F)c(Br)c1. The molecule has 0 aliphatic heterocycles. The molecule has 0 unspecified atom stereocenters. The summed E-state index contributed by atoms with van der Waals surface area (Å²) in [6, 6.07) is 3.99. The van der Waals surface area contributed by atoms with Gasteiger partial charge in [-0.1, -0.05) is 6.07 Å². The first-order chi connectivity index (χ1) is 10.0. The molecule has 0 radical (unpaired) electrons. The first kappa shape index (κ1) is 18.8. The molecule has 0 N–H and O–H groups in total. The Kier molecular flexibility index (Phi) is 6.24. The summed E-state index contributed by atoms with van der Waals surface area (Å²) in [5.41, 5.74) is -4.77. The Labute approximate surface area is 133 Å². The predicted molar refractivity (Wildman–Crippen MR) is 74.7 cm³/mol. The Morgan fingerprint density at radius 1 is 1.32 bits per heavy atom. The van der Waals surface area contributed by atoms with Crippen molar-refractivity contribution in [3.63, 3.8) is 0 Å². The van der Waals surface area contributed by atoms with Crippen molar-refractivity contribution < 1.29 is 35.3 Å². The number of alkyl halides is 3. The van der Waals surface area contributed by atoms with E-state index in [-0.39, 0.29) is 11.1 Å². The third-order valence-corrected chi connectivity index (χ3v) is 3.98. The number of hydrogen-bond donors (Lipinski definition) is 0. The average Bonchev–Trinajstić information content (AvgIpc) is 2.36. The molecule has 0 spiro atoms. The summed E-state index contributed by atoms with van der Waals surface area (Å²) < 4.78 is 67.4. The molecule has 22 heavy (non-hydrogen) atoms. The second-order valence-electron chi connectivity index (χ2n) is 4.19. The molecule has 0 heterocycles. The van der Waals surface area contributed by atoms with E-state index in [2.05, 4.69) is 20.1 Å². The maximum absolute atomic E-state index is 12.2. The van der Waals surface area contributed by atoms with Crippen LogP contribution >= 0.6 is 15.9 Å². The zero-order chi connectivity index (χ0) is 17.0. The normalized spacial score (nSPS) is 12.0. The first-order valence-electron chi connectivity index (χ1n) is 5.95. The fourth-order valence-electron chi connectivity index (χ4n) is 1.43. The van der Waals surface area contributed by atoms with E-state index in [0.717, 1.165) is 11.6 Å². The van der Waals surface area contributed by atoms with E-state index in [4.69, 9.17) is 4.74 Å². The van der Waals surface area contributed by atoms with Gasteiger partial charge in [0.1, 0.15) is 0 Å². The minimum absolute atomic E-state index is 0.0744. The number of aryl methyl sites for hydroxylation is 1. The van der Waals surface area contributed by atoms with Crippen LogP contribution in [0.4, 0.5) is 13.2 Å². The van der Waals surface area contributed by atoms with Crippen LogP contribution in [0.2, 0.25) is 0 Å². The Morgan fingerprint density at radius 3 is 2.45 bits per heavy atom. The molecule has 124 valence electrons. The second-order valence-corrected chi connectivity index (χ2v) is 6.58. The van der Waals surface area contributed by atoms with Gasteiger partial charge in [0, 0.05) is 6.92 Å². The molecule has 0 fully saturated rings. The van der Waals surface area contributed by atoms with Gasteiger partial charge in [0.2, 0.25) is 0 Å². The lowest BCUT2D eigenvalue weighted by atomic mass is 10.1. The summed E-state index contributed by atoms with van der Waals surface area (Å²) in [7, 11) is -5.70. The monoisotopic (exact) mass is 404 g/mol. The molecular weight excluding hydrogens is 393 g/mol.